The summed E-state index contributed by atoms with van der Waals surface area (Å²) in [7, 11) is 3.69. The molecule has 3 aromatic rings. The van der Waals surface area contributed by atoms with E-state index in [0.717, 1.165) is 19.5 Å². The highest BCUT2D eigenvalue weighted by Crippen LogP contribution is 2.10. The number of hydrogen-bond acceptors (Lipinski definition) is 4. The fourth-order valence-corrected chi connectivity index (χ4v) is 3.27. The number of hydrogen-bond donors (Lipinski definition) is 2. The van der Waals surface area contributed by atoms with Crippen LogP contribution in [0.3, 0.4) is 0 Å². The molecule has 0 aliphatic rings. The van der Waals surface area contributed by atoms with Gasteiger partial charge in [0.05, 0.1) is 10.9 Å². The van der Waals surface area contributed by atoms with E-state index in [2.05, 4.69) is 34.4 Å². The van der Waals surface area contributed by atoms with Crippen molar-refractivity contribution in [3.63, 3.8) is 0 Å². The Bertz CT molecular complexity index is 1090. The van der Waals surface area contributed by atoms with Gasteiger partial charge in [-0.1, -0.05) is 30.3 Å². The summed E-state index contributed by atoms with van der Waals surface area (Å²) in [5.74, 6) is -0.160. The van der Waals surface area contributed by atoms with Gasteiger partial charge in [-0.2, -0.15) is 0 Å². The number of aromatic nitrogens is 2. The lowest BCUT2D eigenvalue weighted by molar-refractivity contribution is 0.0952. The van der Waals surface area contributed by atoms with Gasteiger partial charge >= 0.3 is 0 Å². The van der Waals surface area contributed by atoms with Crippen LogP contribution in [0.4, 0.5) is 0 Å². The predicted octanol–water partition coefficient (Wildman–Crippen LogP) is 2.85. The maximum Gasteiger partial charge on any atom is 0.261 e. The first-order chi connectivity index (χ1) is 13.5. The summed E-state index contributed by atoms with van der Waals surface area (Å²) in [5, 5.41) is 3.44. The molecule has 1 amide bonds. The molecule has 0 aliphatic heterocycles. The first-order valence-corrected chi connectivity index (χ1v) is 9.60. The van der Waals surface area contributed by atoms with Crippen LogP contribution in [0, 0.1) is 4.77 Å². The largest absolute Gasteiger partial charge is 0.352 e. The predicted molar refractivity (Wildman–Crippen MR) is 114 cm³/mol. The third-order valence-electron chi connectivity index (χ3n) is 4.66. The molecule has 2 aromatic carbocycles. The minimum Gasteiger partial charge on any atom is -0.352 e. The van der Waals surface area contributed by atoms with Crippen molar-refractivity contribution in [3.8, 4) is 0 Å². The van der Waals surface area contributed by atoms with E-state index in [1.165, 1.54) is 10.1 Å². The number of benzene rings is 2. The van der Waals surface area contributed by atoms with Gasteiger partial charge in [0.2, 0.25) is 0 Å². The molecule has 3 rings (SSSR count). The van der Waals surface area contributed by atoms with E-state index in [9.17, 15) is 9.59 Å². The van der Waals surface area contributed by atoms with Crippen molar-refractivity contribution < 1.29 is 4.79 Å². The molecule has 0 spiro atoms. The summed E-state index contributed by atoms with van der Waals surface area (Å²) >= 11 is 5.14. The molecule has 0 bridgehead atoms. The number of nitrogens with one attached hydrogen (secondary N) is 2. The Balaban J connectivity index is 1.54. The molecule has 7 heteroatoms. The van der Waals surface area contributed by atoms with E-state index in [0.29, 0.717) is 27.8 Å². The van der Waals surface area contributed by atoms with Crippen molar-refractivity contribution in [1.29, 1.82) is 0 Å². The fourth-order valence-electron chi connectivity index (χ4n) is 3.07. The zero-order chi connectivity index (χ0) is 20.1. The van der Waals surface area contributed by atoms with E-state index in [-0.39, 0.29) is 11.5 Å². The number of nitrogens with zero attached hydrogens (tertiary/aromatic N) is 2. The van der Waals surface area contributed by atoms with Crippen LogP contribution in [-0.2, 0) is 13.6 Å². The Hall–Kier alpha value is -2.77. The number of aromatic amines is 1. The van der Waals surface area contributed by atoms with Crippen LogP contribution in [0.15, 0.2) is 53.3 Å². The van der Waals surface area contributed by atoms with Gasteiger partial charge in [-0.25, -0.2) is 0 Å². The van der Waals surface area contributed by atoms with Crippen molar-refractivity contribution in [2.24, 2.45) is 7.05 Å². The second kappa shape index (κ2) is 8.95. The number of amides is 1. The highest BCUT2D eigenvalue weighted by atomic mass is 32.1. The van der Waals surface area contributed by atoms with Gasteiger partial charge in [0.25, 0.3) is 11.5 Å². The summed E-state index contributed by atoms with van der Waals surface area (Å²) in [6.45, 7) is 2.35. The second-order valence-corrected chi connectivity index (χ2v) is 7.27. The highest BCUT2D eigenvalue weighted by molar-refractivity contribution is 7.71. The van der Waals surface area contributed by atoms with Gasteiger partial charge in [0.15, 0.2) is 4.77 Å². The van der Waals surface area contributed by atoms with Crippen LogP contribution in [0.1, 0.15) is 22.3 Å². The van der Waals surface area contributed by atoms with E-state index in [1.54, 1.807) is 25.2 Å². The Morgan fingerprint density at radius 2 is 1.96 bits per heavy atom. The van der Waals surface area contributed by atoms with Gasteiger partial charge in [-0.3, -0.25) is 14.2 Å². The Labute approximate surface area is 168 Å². The van der Waals surface area contributed by atoms with Crippen LogP contribution in [0.25, 0.3) is 10.9 Å². The monoisotopic (exact) mass is 396 g/mol. The number of carbonyl (C=O) groups excluding carboxylic acids is 1. The summed E-state index contributed by atoms with van der Waals surface area (Å²) < 4.78 is 1.71. The number of fused-ring (bicyclic) bond motifs is 1. The van der Waals surface area contributed by atoms with E-state index < -0.39 is 0 Å². The number of rotatable bonds is 7. The van der Waals surface area contributed by atoms with E-state index >= 15 is 0 Å². The molecule has 146 valence electrons. The highest BCUT2D eigenvalue weighted by Gasteiger charge is 2.09. The van der Waals surface area contributed by atoms with Crippen LogP contribution >= 0.6 is 12.2 Å². The van der Waals surface area contributed by atoms with Gasteiger partial charge in [0, 0.05) is 25.7 Å². The van der Waals surface area contributed by atoms with Gasteiger partial charge in [-0.15, -0.1) is 0 Å². The zero-order valence-corrected chi connectivity index (χ0v) is 16.9. The lowest BCUT2D eigenvalue weighted by Crippen LogP contribution is -2.28. The fraction of sp³-hybridized carbons (Fsp3) is 0.286. The summed E-state index contributed by atoms with van der Waals surface area (Å²) in [6, 6.07) is 15.3. The third-order valence-corrected chi connectivity index (χ3v) is 5.04. The average Bonchev–Trinajstić information content (AvgIpc) is 2.69. The molecule has 6 nitrogen and oxygen atoms in total. The molecular formula is C21H24N4O2S. The van der Waals surface area contributed by atoms with Gasteiger partial charge in [-0.05, 0) is 56.0 Å². The first-order valence-electron chi connectivity index (χ1n) is 9.19. The molecular weight excluding hydrogens is 372 g/mol. The number of H-pyrrole nitrogens is 1. The summed E-state index contributed by atoms with van der Waals surface area (Å²) in [6.07, 6.45) is 0.853. The molecule has 0 saturated heterocycles. The Kier molecular flexibility index (Phi) is 6.38. The normalized spacial score (nSPS) is 11.1. The number of carbonyl (C=O) groups is 1. The van der Waals surface area contributed by atoms with E-state index in [1.807, 2.05) is 18.2 Å². The molecule has 0 fully saturated rings. The average molecular weight is 397 g/mol. The second-order valence-electron chi connectivity index (χ2n) is 6.89. The molecule has 1 heterocycles. The molecule has 0 radical (unpaired) electrons. The summed E-state index contributed by atoms with van der Waals surface area (Å²) in [5.41, 5.74) is 2.17. The SMILES string of the molecule is CN(CCCNC(=O)c1ccc2c(=O)n(C)c(=S)[nH]c2c1)Cc1ccccc1. The summed E-state index contributed by atoms with van der Waals surface area (Å²) in [4.78, 5) is 29.8. The Morgan fingerprint density at radius 3 is 2.71 bits per heavy atom. The van der Waals surface area contributed by atoms with Crippen LogP contribution in [-0.4, -0.2) is 40.5 Å². The first kappa shape index (κ1) is 20.0. The maximum atomic E-state index is 12.4. The topological polar surface area (TPSA) is 70.1 Å². The van der Waals surface area contributed by atoms with Gasteiger partial charge < -0.3 is 15.2 Å². The van der Waals surface area contributed by atoms with Gasteiger partial charge in [0.1, 0.15) is 0 Å². The van der Waals surface area contributed by atoms with E-state index in [4.69, 9.17) is 12.2 Å². The minimum atomic E-state index is -0.174. The lowest BCUT2D eigenvalue weighted by atomic mass is 10.1. The van der Waals surface area contributed by atoms with Crippen molar-refractivity contribution in [3.05, 3.63) is 74.8 Å². The Morgan fingerprint density at radius 1 is 1.21 bits per heavy atom. The third kappa shape index (κ3) is 4.74. The molecule has 0 unspecified atom stereocenters. The van der Waals surface area contributed by atoms with Crippen molar-refractivity contribution in [2.45, 2.75) is 13.0 Å². The smallest absolute Gasteiger partial charge is 0.261 e. The van der Waals surface area contributed by atoms with Crippen LogP contribution in [0.5, 0.6) is 0 Å². The van der Waals surface area contributed by atoms with Crippen molar-refractivity contribution >= 4 is 29.0 Å². The minimum absolute atomic E-state index is 0.160. The van der Waals surface area contributed by atoms with Crippen molar-refractivity contribution in [1.82, 2.24) is 19.8 Å². The molecule has 2 N–H and O–H groups in total. The maximum absolute atomic E-state index is 12.4. The quantitative estimate of drug-likeness (QED) is 0.476. The van der Waals surface area contributed by atoms with Crippen LogP contribution < -0.4 is 10.9 Å². The molecule has 0 aliphatic carbocycles. The molecule has 0 saturated carbocycles. The lowest BCUT2D eigenvalue weighted by Gasteiger charge is -2.16. The van der Waals surface area contributed by atoms with Crippen LogP contribution in [0.2, 0.25) is 0 Å². The molecule has 1 aromatic heterocycles. The van der Waals surface area contributed by atoms with Crippen molar-refractivity contribution in [2.75, 3.05) is 20.1 Å². The zero-order valence-electron chi connectivity index (χ0n) is 16.1. The standard InChI is InChI=1S/C21H24N4O2S/c1-24(14-15-7-4-3-5-8-15)12-6-11-22-19(26)16-9-10-17-18(13-16)23-21(28)25(2)20(17)27/h3-5,7-10,13H,6,11-12,14H2,1-2H3,(H,22,26)(H,23,28). The molecule has 28 heavy (non-hydrogen) atoms. The molecule has 0 atom stereocenters.